The van der Waals surface area contributed by atoms with Crippen molar-refractivity contribution in [1.29, 1.82) is 0 Å². The average molecular weight is 409 g/mol. The van der Waals surface area contributed by atoms with Gasteiger partial charge in [-0.05, 0) is 33.3 Å². The van der Waals surface area contributed by atoms with E-state index in [4.69, 9.17) is 4.74 Å². The minimum atomic E-state index is -6.64. The number of hydrogen-bond donors (Lipinski definition) is 1. The second kappa shape index (κ2) is 7.05. The summed E-state index contributed by atoms with van der Waals surface area (Å²) < 4.78 is 94.1. The van der Waals surface area contributed by atoms with E-state index in [9.17, 15) is 40.3 Å². The van der Waals surface area contributed by atoms with Crippen molar-refractivity contribution in [3.63, 3.8) is 0 Å². The summed E-state index contributed by atoms with van der Waals surface area (Å²) in [7, 11) is 0. The SMILES string of the molecule is Cc1sc(NC(=O)C(F)(F)C(F)(F)C(F)(F)F)c(C(=O)OC(C)C)c1C. The quantitative estimate of drug-likeness (QED) is 0.567. The van der Waals surface area contributed by atoms with E-state index < -0.39 is 41.0 Å². The fourth-order valence-electron chi connectivity index (χ4n) is 1.74. The molecule has 0 fully saturated rings. The lowest BCUT2D eigenvalue weighted by Crippen LogP contribution is -2.57. The Hall–Kier alpha value is -1.85. The van der Waals surface area contributed by atoms with Crippen molar-refractivity contribution in [2.24, 2.45) is 0 Å². The number of halogens is 7. The molecule has 0 radical (unpaired) electrons. The molecule has 0 spiro atoms. The number of aryl methyl sites for hydroxylation is 1. The monoisotopic (exact) mass is 409 g/mol. The molecule has 1 amide bonds. The summed E-state index contributed by atoms with van der Waals surface area (Å²) in [5.74, 6) is -16.6. The Kier molecular flexibility index (Phi) is 6.01. The minimum absolute atomic E-state index is 0.210. The zero-order valence-electron chi connectivity index (χ0n) is 13.9. The molecule has 148 valence electrons. The normalized spacial score (nSPS) is 13.1. The van der Waals surface area contributed by atoms with Crippen LogP contribution < -0.4 is 5.32 Å². The van der Waals surface area contributed by atoms with Gasteiger partial charge < -0.3 is 10.1 Å². The van der Waals surface area contributed by atoms with Crippen molar-refractivity contribution in [2.75, 3.05) is 5.32 Å². The Morgan fingerprint density at radius 3 is 1.96 bits per heavy atom. The van der Waals surface area contributed by atoms with E-state index in [-0.39, 0.29) is 11.1 Å². The van der Waals surface area contributed by atoms with E-state index in [1.807, 2.05) is 0 Å². The molecule has 0 aromatic carbocycles. The number of alkyl halides is 7. The molecule has 0 bridgehead atoms. The summed E-state index contributed by atoms with van der Waals surface area (Å²) >= 11 is 0.567. The van der Waals surface area contributed by atoms with Crippen LogP contribution in [0.3, 0.4) is 0 Å². The predicted molar refractivity (Wildman–Crippen MR) is 78.9 cm³/mol. The number of carbonyl (C=O) groups is 2. The van der Waals surface area contributed by atoms with Crippen LogP contribution in [0.25, 0.3) is 0 Å². The van der Waals surface area contributed by atoms with Gasteiger partial charge in [0.15, 0.2) is 0 Å². The molecule has 0 saturated carbocycles. The maximum absolute atomic E-state index is 13.4. The van der Waals surface area contributed by atoms with Gasteiger partial charge in [0.1, 0.15) is 5.00 Å². The van der Waals surface area contributed by atoms with Crippen LogP contribution in [0.5, 0.6) is 0 Å². The number of anilines is 1. The Morgan fingerprint density at radius 1 is 1.04 bits per heavy atom. The topological polar surface area (TPSA) is 55.4 Å². The van der Waals surface area contributed by atoms with Gasteiger partial charge in [-0.2, -0.15) is 30.7 Å². The first kappa shape index (κ1) is 22.2. The van der Waals surface area contributed by atoms with Crippen molar-refractivity contribution in [3.8, 4) is 0 Å². The Balaban J connectivity index is 3.26. The third-order valence-electron chi connectivity index (χ3n) is 3.19. The number of thiophene rings is 1. The third-order valence-corrected chi connectivity index (χ3v) is 4.32. The Labute approximate surface area is 147 Å². The molecular weight excluding hydrogens is 395 g/mol. The lowest BCUT2D eigenvalue weighted by Gasteiger charge is -2.26. The van der Waals surface area contributed by atoms with Crippen LogP contribution in [0.2, 0.25) is 0 Å². The maximum atomic E-state index is 13.4. The van der Waals surface area contributed by atoms with Gasteiger partial charge in [-0.15, -0.1) is 11.3 Å². The molecule has 0 aliphatic carbocycles. The van der Waals surface area contributed by atoms with E-state index in [2.05, 4.69) is 0 Å². The van der Waals surface area contributed by atoms with Crippen molar-refractivity contribution in [3.05, 3.63) is 16.0 Å². The highest BCUT2D eigenvalue weighted by Crippen LogP contribution is 2.47. The summed E-state index contributed by atoms with van der Waals surface area (Å²) in [5, 5.41) is 0.690. The van der Waals surface area contributed by atoms with Crippen LogP contribution in [0, 0.1) is 13.8 Å². The molecule has 0 aliphatic rings. The number of ether oxygens (including phenoxy) is 1. The zero-order chi connectivity index (χ0) is 20.7. The standard InChI is InChI=1S/C14H14F7NO3S/c1-5(2)25-10(23)8-6(3)7(4)26-9(8)22-11(24)12(15,16)13(17,18)14(19,20)21/h5H,1-4H3,(H,22,24). The van der Waals surface area contributed by atoms with Crippen molar-refractivity contribution < 1.29 is 45.1 Å². The number of nitrogens with one attached hydrogen (secondary N) is 1. The van der Waals surface area contributed by atoms with Gasteiger partial charge in [0.25, 0.3) is 0 Å². The molecule has 26 heavy (non-hydrogen) atoms. The molecule has 0 unspecified atom stereocenters. The first-order chi connectivity index (χ1) is 11.5. The molecule has 1 aromatic rings. The molecule has 0 aliphatic heterocycles. The van der Waals surface area contributed by atoms with Crippen molar-refractivity contribution >= 4 is 28.2 Å². The largest absolute Gasteiger partial charge is 0.460 e. The van der Waals surface area contributed by atoms with E-state index in [0.29, 0.717) is 16.2 Å². The number of amides is 1. The van der Waals surface area contributed by atoms with E-state index in [1.54, 1.807) is 0 Å². The molecule has 1 N–H and O–H groups in total. The number of carbonyl (C=O) groups excluding carboxylic acids is 2. The summed E-state index contributed by atoms with van der Waals surface area (Å²) in [4.78, 5) is 23.8. The fourth-order valence-corrected chi connectivity index (χ4v) is 2.78. The molecule has 4 nitrogen and oxygen atoms in total. The maximum Gasteiger partial charge on any atom is 0.460 e. The Morgan fingerprint density at radius 2 is 1.54 bits per heavy atom. The number of rotatable bonds is 5. The number of esters is 1. The third kappa shape index (κ3) is 3.94. The van der Waals surface area contributed by atoms with E-state index in [1.165, 1.54) is 33.0 Å². The molecule has 0 saturated heterocycles. The summed E-state index contributed by atoms with van der Waals surface area (Å²) in [6, 6.07) is 0. The average Bonchev–Trinajstić information content (AvgIpc) is 2.71. The summed E-state index contributed by atoms with van der Waals surface area (Å²) in [5.41, 5.74) is -0.178. The van der Waals surface area contributed by atoms with Crippen molar-refractivity contribution in [2.45, 2.75) is 51.8 Å². The van der Waals surface area contributed by atoms with Gasteiger partial charge in [-0.1, -0.05) is 0 Å². The van der Waals surface area contributed by atoms with Gasteiger partial charge in [0.2, 0.25) is 0 Å². The van der Waals surface area contributed by atoms with Crippen LogP contribution in [0.15, 0.2) is 0 Å². The van der Waals surface area contributed by atoms with E-state index >= 15 is 0 Å². The molecule has 1 aromatic heterocycles. The highest BCUT2D eigenvalue weighted by molar-refractivity contribution is 7.16. The van der Waals surface area contributed by atoms with Gasteiger partial charge in [-0.25, -0.2) is 4.79 Å². The molecule has 12 heteroatoms. The van der Waals surface area contributed by atoms with E-state index in [0.717, 1.165) is 0 Å². The lowest BCUT2D eigenvalue weighted by atomic mass is 10.1. The van der Waals surface area contributed by atoms with Crippen LogP contribution in [-0.2, 0) is 9.53 Å². The fraction of sp³-hybridized carbons (Fsp3) is 0.571. The second-order valence-electron chi connectivity index (χ2n) is 5.54. The predicted octanol–water partition coefficient (Wildman–Crippen LogP) is 4.70. The zero-order valence-corrected chi connectivity index (χ0v) is 14.7. The summed E-state index contributed by atoms with van der Waals surface area (Å²) in [6.07, 6.45) is -7.27. The first-order valence-electron chi connectivity index (χ1n) is 6.98. The van der Waals surface area contributed by atoms with Crippen LogP contribution >= 0.6 is 11.3 Å². The lowest BCUT2D eigenvalue weighted by molar-refractivity contribution is -0.343. The highest BCUT2D eigenvalue weighted by Gasteiger charge is 2.76. The van der Waals surface area contributed by atoms with Gasteiger partial charge in [0, 0.05) is 4.88 Å². The smallest absolute Gasteiger partial charge is 0.459 e. The molecule has 1 heterocycles. The molecule has 1 rings (SSSR count). The summed E-state index contributed by atoms with van der Waals surface area (Å²) in [6.45, 7) is 5.76. The van der Waals surface area contributed by atoms with Gasteiger partial charge in [0.05, 0.1) is 11.7 Å². The van der Waals surface area contributed by atoms with Crippen LogP contribution in [0.1, 0.15) is 34.6 Å². The van der Waals surface area contributed by atoms with Crippen LogP contribution in [-0.4, -0.2) is 36.0 Å². The Bertz CT molecular complexity index is 710. The van der Waals surface area contributed by atoms with Crippen LogP contribution in [0.4, 0.5) is 35.7 Å². The van der Waals surface area contributed by atoms with Gasteiger partial charge >= 0.3 is 29.9 Å². The second-order valence-corrected chi connectivity index (χ2v) is 6.77. The van der Waals surface area contributed by atoms with Crippen molar-refractivity contribution in [1.82, 2.24) is 0 Å². The first-order valence-corrected chi connectivity index (χ1v) is 7.80. The molecular formula is C14H14F7NO3S. The number of hydrogen-bond acceptors (Lipinski definition) is 4. The molecule has 0 atom stereocenters. The highest BCUT2D eigenvalue weighted by atomic mass is 32.1. The van der Waals surface area contributed by atoms with Gasteiger partial charge in [-0.3, -0.25) is 4.79 Å². The minimum Gasteiger partial charge on any atom is -0.459 e.